The Labute approximate surface area is 241 Å². The Morgan fingerprint density at radius 3 is 2.26 bits per heavy atom. The van der Waals surface area contributed by atoms with Crippen LogP contribution in [0.2, 0.25) is 0 Å². The van der Waals surface area contributed by atoms with Gasteiger partial charge in [-0.15, -0.1) is 0 Å². The number of imidazole rings is 1. The third-order valence-electron chi connectivity index (χ3n) is 6.78. The minimum atomic E-state index is -4.55. The van der Waals surface area contributed by atoms with Gasteiger partial charge in [-0.2, -0.15) is 17.5 Å². The smallest absolute Gasteiger partial charge is 0.419 e. The molecule has 0 N–H and O–H groups in total. The van der Waals surface area contributed by atoms with Crippen molar-refractivity contribution < 1.29 is 31.1 Å². The van der Waals surface area contributed by atoms with Crippen molar-refractivity contribution in [3.63, 3.8) is 0 Å². The quantitative estimate of drug-likeness (QED) is 0.180. The maximum absolute atomic E-state index is 13.7. The molecule has 11 heteroatoms. The fourth-order valence-electron chi connectivity index (χ4n) is 4.68. The fraction of sp³-hybridized carbons (Fsp3) is 0.194. The lowest BCUT2D eigenvalue weighted by atomic mass is 10.1. The minimum Gasteiger partial charge on any atom is -0.497 e. The number of benzene rings is 3. The first-order valence-electron chi connectivity index (χ1n) is 13.1. The third-order valence-corrected chi connectivity index (χ3v) is 8.58. The van der Waals surface area contributed by atoms with Crippen LogP contribution in [0.1, 0.15) is 23.7 Å². The predicted octanol–water partition coefficient (Wildman–Crippen LogP) is 7.20. The first-order chi connectivity index (χ1) is 20.0. The van der Waals surface area contributed by atoms with Gasteiger partial charge in [-0.1, -0.05) is 37.3 Å². The van der Waals surface area contributed by atoms with E-state index in [4.69, 9.17) is 9.47 Å². The highest BCUT2D eigenvalue weighted by molar-refractivity contribution is 7.89. The first kappa shape index (κ1) is 29.2. The van der Waals surface area contributed by atoms with Crippen LogP contribution in [0.15, 0.2) is 96.0 Å². The number of ether oxygens (including phenoxy) is 2. The minimum absolute atomic E-state index is 0.0573. The maximum Gasteiger partial charge on any atom is 0.419 e. The number of hydrogen-bond acceptors (Lipinski definition) is 5. The molecule has 0 spiro atoms. The molecule has 0 aliphatic heterocycles. The molecule has 7 nitrogen and oxygen atoms in total. The number of pyridine rings is 1. The van der Waals surface area contributed by atoms with Gasteiger partial charge in [-0.05, 0) is 60.5 Å². The number of aryl methyl sites for hydroxylation is 1. The molecule has 0 fully saturated rings. The van der Waals surface area contributed by atoms with Crippen LogP contribution in [0, 0.1) is 0 Å². The lowest BCUT2D eigenvalue weighted by Gasteiger charge is -2.18. The Kier molecular flexibility index (Phi) is 7.98. The number of nitrogens with zero attached hydrogens (tertiary/aromatic N) is 3. The zero-order valence-corrected chi connectivity index (χ0v) is 23.9. The van der Waals surface area contributed by atoms with Crippen LogP contribution in [0.25, 0.3) is 16.9 Å². The average Bonchev–Trinajstić information content (AvgIpc) is 3.36. The van der Waals surface area contributed by atoms with E-state index < -0.39 is 21.8 Å². The highest BCUT2D eigenvalue weighted by atomic mass is 32.2. The van der Waals surface area contributed by atoms with Crippen LogP contribution < -0.4 is 9.47 Å². The number of halogens is 3. The summed E-state index contributed by atoms with van der Waals surface area (Å²) in [5.74, 6) is 1.36. The molecule has 0 radical (unpaired) electrons. The zero-order valence-electron chi connectivity index (χ0n) is 23.1. The monoisotopic (exact) mass is 595 g/mol. The highest BCUT2D eigenvalue weighted by Gasteiger charge is 2.34. The second-order valence-corrected chi connectivity index (χ2v) is 11.6. The molecule has 0 saturated carbocycles. The molecule has 5 aromatic rings. The van der Waals surface area contributed by atoms with Crippen LogP contribution in [0.3, 0.4) is 0 Å². The number of sulfonamides is 1. The van der Waals surface area contributed by atoms with Crippen LogP contribution in [-0.2, 0) is 29.2 Å². The van der Waals surface area contributed by atoms with Gasteiger partial charge in [0.15, 0.2) is 0 Å². The number of methoxy groups -OCH3 is 1. The molecule has 0 atom stereocenters. The molecule has 42 heavy (non-hydrogen) atoms. The van der Waals surface area contributed by atoms with Gasteiger partial charge >= 0.3 is 6.18 Å². The summed E-state index contributed by atoms with van der Waals surface area (Å²) >= 11 is 0. The molecule has 0 aliphatic rings. The van der Waals surface area contributed by atoms with E-state index in [1.807, 2.05) is 6.92 Å². The predicted molar refractivity (Wildman–Crippen MR) is 153 cm³/mol. The molecular weight excluding hydrogens is 567 g/mol. The number of alkyl halides is 3. The normalized spacial score (nSPS) is 12.2. The van der Waals surface area contributed by atoms with Crippen molar-refractivity contribution in [2.75, 3.05) is 14.2 Å². The van der Waals surface area contributed by atoms with E-state index in [1.54, 1.807) is 74.0 Å². The molecule has 0 bridgehead atoms. The average molecular weight is 596 g/mol. The van der Waals surface area contributed by atoms with Crippen molar-refractivity contribution in [1.29, 1.82) is 0 Å². The second-order valence-electron chi connectivity index (χ2n) is 9.59. The molecule has 5 rings (SSSR count). The largest absolute Gasteiger partial charge is 0.497 e. The molecule has 2 aromatic heterocycles. The lowest BCUT2D eigenvalue weighted by molar-refractivity contribution is -0.136. The Morgan fingerprint density at radius 2 is 1.60 bits per heavy atom. The summed E-state index contributed by atoms with van der Waals surface area (Å²) in [6, 6.07) is 22.5. The molecule has 2 heterocycles. The molecule has 0 aliphatic carbocycles. The number of rotatable bonds is 9. The molecule has 0 amide bonds. The molecular formula is C31H28F3N3O4S. The fourth-order valence-corrected chi connectivity index (χ4v) is 5.88. The number of aromatic nitrogens is 2. The van der Waals surface area contributed by atoms with Crippen molar-refractivity contribution in [1.82, 2.24) is 13.7 Å². The van der Waals surface area contributed by atoms with Crippen LogP contribution in [0.5, 0.6) is 17.2 Å². The molecule has 3 aromatic carbocycles. The molecule has 0 saturated heterocycles. The van der Waals surface area contributed by atoms with E-state index in [2.05, 4.69) is 4.98 Å². The van der Waals surface area contributed by atoms with Crippen molar-refractivity contribution >= 4 is 15.7 Å². The molecule has 218 valence electrons. The summed E-state index contributed by atoms with van der Waals surface area (Å²) in [4.78, 5) is 4.36. The summed E-state index contributed by atoms with van der Waals surface area (Å²) in [5.41, 5.74) is 1.47. The van der Waals surface area contributed by atoms with Crippen molar-refractivity contribution in [3.8, 4) is 28.5 Å². The van der Waals surface area contributed by atoms with E-state index in [0.29, 0.717) is 40.6 Å². The SMILES string of the molecule is CCc1nc2c(C(F)(F)F)cccn2c1-c1cccc(Oc2cccc(S(=O)(=O)N(C)Cc3ccc(OC)cc3)c2)c1. The number of hydrogen-bond donors (Lipinski definition) is 0. The maximum atomic E-state index is 13.7. The van der Waals surface area contributed by atoms with Gasteiger partial charge in [0, 0.05) is 31.4 Å². The van der Waals surface area contributed by atoms with Crippen LogP contribution in [-0.4, -0.2) is 36.3 Å². The van der Waals surface area contributed by atoms with Gasteiger partial charge < -0.3 is 9.47 Å². The van der Waals surface area contributed by atoms with E-state index in [-0.39, 0.29) is 17.1 Å². The van der Waals surface area contributed by atoms with Crippen molar-refractivity contribution in [2.24, 2.45) is 0 Å². The lowest BCUT2D eigenvalue weighted by Crippen LogP contribution is -2.26. The van der Waals surface area contributed by atoms with Gasteiger partial charge in [-0.25, -0.2) is 13.4 Å². The Bertz CT molecular complexity index is 1840. The van der Waals surface area contributed by atoms with Crippen LogP contribution >= 0.6 is 0 Å². The van der Waals surface area contributed by atoms with Gasteiger partial charge in [0.25, 0.3) is 0 Å². The van der Waals surface area contributed by atoms with Gasteiger partial charge in [0.05, 0.1) is 29.0 Å². The van der Waals surface area contributed by atoms with Crippen LogP contribution in [0.4, 0.5) is 13.2 Å². The topological polar surface area (TPSA) is 73.1 Å². The highest BCUT2D eigenvalue weighted by Crippen LogP contribution is 2.36. The van der Waals surface area contributed by atoms with Crippen molar-refractivity contribution in [3.05, 3.63) is 108 Å². The second kappa shape index (κ2) is 11.5. The van der Waals surface area contributed by atoms with E-state index >= 15 is 0 Å². The summed E-state index contributed by atoms with van der Waals surface area (Å²) in [5, 5.41) is 0. The Balaban J connectivity index is 1.42. The van der Waals surface area contributed by atoms with Gasteiger partial charge in [0.2, 0.25) is 10.0 Å². The first-order valence-corrected chi connectivity index (χ1v) is 14.5. The van der Waals surface area contributed by atoms with E-state index in [9.17, 15) is 21.6 Å². The van der Waals surface area contributed by atoms with Gasteiger partial charge in [0.1, 0.15) is 22.9 Å². The van der Waals surface area contributed by atoms with Gasteiger partial charge in [-0.3, -0.25) is 4.40 Å². The summed E-state index contributed by atoms with van der Waals surface area (Å²) in [6.45, 7) is 1.99. The van der Waals surface area contributed by atoms with Crippen molar-refractivity contribution in [2.45, 2.75) is 31.0 Å². The standard InChI is InChI=1S/C31H28F3N3O4S/c1-4-28-29(37-17-7-12-27(30(37)35-28)31(32,33)34)22-8-5-9-24(18-22)41-25-10-6-11-26(19-25)42(38,39)36(2)20-21-13-15-23(40-3)16-14-21/h5-19H,4,20H2,1-3H3. The Hall–Kier alpha value is -4.35. The summed E-state index contributed by atoms with van der Waals surface area (Å²) < 4.78 is 81.5. The zero-order chi connectivity index (χ0) is 30.1. The summed E-state index contributed by atoms with van der Waals surface area (Å²) in [7, 11) is -0.779. The number of fused-ring (bicyclic) bond motifs is 1. The van der Waals surface area contributed by atoms with E-state index in [0.717, 1.165) is 11.6 Å². The van der Waals surface area contributed by atoms with E-state index in [1.165, 1.54) is 34.0 Å². The summed E-state index contributed by atoms with van der Waals surface area (Å²) in [6.07, 6.45) is -2.57. The Morgan fingerprint density at radius 1 is 0.905 bits per heavy atom. The third kappa shape index (κ3) is 5.83. The molecule has 0 unspecified atom stereocenters.